The van der Waals surface area contributed by atoms with E-state index in [1.54, 1.807) is 18.2 Å². The Labute approximate surface area is 90.0 Å². The Balaban J connectivity index is 3.10. The minimum Gasteiger partial charge on any atom is -0.493 e. The zero-order valence-corrected chi connectivity index (χ0v) is 9.35. The molecule has 0 aliphatic heterocycles. The van der Waals surface area contributed by atoms with Gasteiger partial charge in [0.2, 0.25) is 0 Å². The molecule has 0 aliphatic carbocycles. The van der Waals surface area contributed by atoms with E-state index in [0.29, 0.717) is 17.9 Å². The number of carbonyl (C=O) groups is 1. The van der Waals surface area contributed by atoms with E-state index in [-0.39, 0.29) is 0 Å². The molecule has 0 N–H and O–H groups in total. The first-order valence-corrected chi connectivity index (χ1v) is 4.94. The Morgan fingerprint density at radius 2 is 2.31 bits per heavy atom. The van der Waals surface area contributed by atoms with Gasteiger partial charge in [-0.15, -0.1) is 0 Å². The Morgan fingerprint density at radius 1 is 1.62 bits per heavy atom. The van der Waals surface area contributed by atoms with Gasteiger partial charge in [-0.3, -0.25) is 4.79 Å². The van der Waals surface area contributed by atoms with Gasteiger partial charge in [-0.2, -0.15) is 0 Å². The van der Waals surface area contributed by atoms with Crippen LogP contribution in [0.1, 0.15) is 17.3 Å². The number of hydrogen-bond acceptors (Lipinski definition) is 2. The topological polar surface area (TPSA) is 26.3 Å². The van der Waals surface area contributed by atoms with E-state index in [1.807, 2.05) is 6.92 Å². The lowest BCUT2D eigenvalue weighted by molar-refractivity contribution is 0.107. The first-order chi connectivity index (χ1) is 6.15. The average Bonchev–Trinajstić information content (AvgIpc) is 2.04. The summed E-state index contributed by atoms with van der Waals surface area (Å²) in [6.07, 6.45) is 0. The first-order valence-electron chi connectivity index (χ1n) is 3.77. The van der Waals surface area contributed by atoms with Gasteiger partial charge in [0, 0.05) is 4.47 Å². The molecule has 0 saturated heterocycles. The van der Waals surface area contributed by atoms with E-state index in [2.05, 4.69) is 15.9 Å². The number of rotatable bonds is 3. The fraction of sp³-hybridized carbons (Fsp3) is 0.222. The van der Waals surface area contributed by atoms with Crippen molar-refractivity contribution < 1.29 is 9.53 Å². The van der Waals surface area contributed by atoms with Crippen molar-refractivity contribution in [2.24, 2.45) is 0 Å². The van der Waals surface area contributed by atoms with Crippen molar-refractivity contribution in [3.63, 3.8) is 0 Å². The van der Waals surface area contributed by atoms with Crippen LogP contribution in [0.2, 0.25) is 0 Å². The molecule has 0 heterocycles. The number of hydrogen-bond donors (Lipinski definition) is 0. The van der Waals surface area contributed by atoms with Crippen molar-refractivity contribution in [1.82, 2.24) is 0 Å². The van der Waals surface area contributed by atoms with Gasteiger partial charge in [-0.05, 0) is 36.7 Å². The Bertz CT molecular complexity index is 325. The van der Waals surface area contributed by atoms with E-state index in [1.165, 1.54) is 0 Å². The minimum absolute atomic E-state index is 0.395. The van der Waals surface area contributed by atoms with Gasteiger partial charge < -0.3 is 4.74 Å². The van der Waals surface area contributed by atoms with Crippen LogP contribution in [0.15, 0.2) is 22.7 Å². The zero-order chi connectivity index (χ0) is 9.84. The Kier molecular flexibility index (Phi) is 3.75. The van der Waals surface area contributed by atoms with Crippen LogP contribution in [0.25, 0.3) is 0 Å². The van der Waals surface area contributed by atoms with Crippen LogP contribution in [-0.2, 0) is 0 Å². The maximum absolute atomic E-state index is 10.9. The predicted octanol–water partition coefficient (Wildman–Crippen LogP) is 3.23. The molecule has 0 unspecified atom stereocenters. The van der Waals surface area contributed by atoms with E-state index < -0.39 is 5.24 Å². The molecule has 2 nitrogen and oxygen atoms in total. The molecule has 0 saturated carbocycles. The van der Waals surface area contributed by atoms with Crippen LogP contribution < -0.4 is 4.74 Å². The second-order valence-corrected chi connectivity index (χ2v) is 3.61. The summed E-state index contributed by atoms with van der Waals surface area (Å²) >= 11 is 8.64. The quantitative estimate of drug-likeness (QED) is 0.783. The lowest BCUT2D eigenvalue weighted by atomic mass is 10.2. The standard InChI is InChI=1S/C9H8BrClO2/c1-2-13-8-5-6(10)3-4-7(8)9(11)12/h3-5H,2H2,1H3. The van der Waals surface area contributed by atoms with Crippen molar-refractivity contribution in [2.45, 2.75) is 6.92 Å². The average molecular weight is 264 g/mol. The monoisotopic (exact) mass is 262 g/mol. The summed E-state index contributed by atoms with van der Waals surface area (Å²) in [5, 5.41) is -0.504. The van der Waals surface area contributed by atoms with Crippen LogP contribution >= 0.6 is 27.5 Å². The molecular weight excluding hydrogens is 255 g/mol. The van der Waals surface area contributed by atoms with Crippen molar-refractivity contribution in [3.8, 4) is 5.75 Å². The second kappa shape index (κ2) is 4.63. The normalized spacial score (nSPS) is 9.77. The summed E-state index contributed by atoms with van der Waals surface area (Å²) < 4.78 is 6.10. The zero-order valence-electron chi connectivity index (χ0n) is 7.01. The molecule has 0 aromatic heterocycles. The van der Waals surface area contributed by atoms with E-state index >= 15 is 0 Å². The molecule has 13 heavy (non-hydrogen) atoms. The van der Waals surface area contributed by atoms with Crippen LogP contribution in [0.3, 0.4) is 0 Å². The van der Waals surface area contributed by atoms with Gasteiger partial charge in [0.05, 0.1) is 12.2 Å². The molecule has 0 aliphatic rings. The maximum atomic E-state index is 10.9. The molecule has 4 heteroatoms. The molecule has 0 spiro atoms. The lowest BCUT2D eigenvalue weighted by Crippen LogP contribution is -1.98. The first kappa shape index (κ1) is 10.5. The second-order valence-electron chi connectivity index (χ2n) is 2.35. The predicted molar refractivity (Wildman–Crippen MR) is 55.5 cm³/mol. The highest BCUT2D eigenvalue weighted by Gasteiger charge is 2.09. The molecule has 0 amide bonds. The van der Waals surface area contributed by atoms with Crippen molar-refractivity contribution in [1.29, 1.82) is 0 Å². The highest BCUT2D eigenvalue weighted by molar-refractivity contribution is 9.10. The molecule has 70 valence electrons. The van der Waals surface area contributed by atoms with E-state index in [0.717, 1.165) is 4.47 Å². The van der Waals surface area contributed by atoms with Crippen molar-refractivity contribution in [3.05, 3.63) is 28.2 Å². The maximum Gasteiger partial charge on any atom is 0.256 e. The number of carbonyl (C=O) groups excluding carboxylic acids is 1. The third kappa shape index (κ3) is 2.71. The number of ether oxygens (including phenoxy) is 1. The van der Waals surface area contributed by atoms with Crippen molar-refractivity contribution >= 4 is 32.8 Å². The fourth-order valence-electron chi connectivity index (χ4n) is 0.933. The summed E-state index contributed by atoms with van der Waals surface area (Å²) in [5.41, 5.74) is 0.395. The third-order valence-corrected chi connectivity index (χ3v) is 2.15. The minimum atomic E-state index is -0.504. The summed E-state index contributed by atoms with van der Waals surface area (Å²) in [6, 6.07) is 5.10. The SMILES string of the molecule is CCOc1cc(Br)ccc1C(=O)Cl. The molecule has 1 rings (SSSR count). The Morgan fingerprint density at radius 3 is 2.85 bits per heavy atom. The molecular formula is C9H8BrClO2. The Hall–Kier alpha value is -0.540. The molecule has 1 aromatic rings. The van der Waals surface area contributed by atoms with Gasteiger partial charge in [-0.1, -0.05) is 15.9 Å². The largest absolute Gasteiger partial charge is 0.493 e. The van der Waals surface area contributed by atoms with Crippen LogP contribution in [-0.4, -0.2) is 11.8 Å². The van der Waals surface area contributed by atoms with Gasteiger partial charge in [0.1, 0.15) is 5.75 Å². The fourth-order valence-corrected chi connectivity index (χ4v) is 1.43. The molecule has 0 bridgehead atoms. The van der Waals surface area contributed by atoms with Gasteiger partial charge >= 0.3 is 0 Å². The lowest BCUT2D eigenvalue weighted by Gasteiger charge is -2.06. The highest BCUT2D eigenvalue weighted by Crippen LogP contribution is 2.24. The summed E-state index contributed by atoms with van der Waals surface area (Å²) in [4.78, 5) is 10.9. The van der Waals surface area contributed by atoms with Crippen molar-refractivity contribution in [2.75, 3.05) is 6.61 Å². The van der Waals surface area contributed by atoms with Crippen LogP contribution in [0, 0.1) is 0 Å². The van der Waals surface area contributed by atoms with E-state index in [9.17, 15) is 4.79 Å². The van der Waals surface area contributed by atoms with E-state index in [4.69, 9.17) is 16.3 Å². The number of benzene rings is 1. The highest BCUT2D eigenvalue weighted by atomic mass is 79.9. The smallest absolute Gasteiger partial charge is 0.256 e. The third-order valence-electron chi connectivity index (χ3n) is 1.46. The number of halogens is 2. The molecule has 0 atom stereocenters. The summed E-state index contributed by atoms with van der Waals surface area (Å²) in [6.45, 7) is 2.36. The van der Waals surface area contributed by atoms with Crippen LogP contribution in [0.4, 0.5) is 0 Å². The summed E-state index contributed by atoms with van der Waals surface area (Å²) in [5.74, 6) is 0.511. The van der Waals surface area contributed by atoms with Crippen LogP contribution in [0.5, 0.6) is 5.75 Å². The molecule has 0 radical (unpaired) electrons. The van der Waals surface area contributed by atoms with Gasteiger partial charge in [0.15, 0.2) is 0 Å². The molecule has 1 aromatic carbocycles. The van der Waals surface area contributed by atoms with Gasteiger partial charge in [-0.25, -0.2) is 0 Å². The molecule has 0 fully saturated rings. The summed E-state index contributed by atoms with van der Waals surface area (Å²) in [7, 11) is 0. The van der Waals surface area contributed by atoms with Gasteiger partial charge in [0.25, 0.3) is 5.24 Å².